The van der Waals surface area contributed by atoms with Gasteiger partial charge in [-0.15, -0.1) is 0 Å². The van der Waals surface area contributed by atoms with Gasteiger partial charge < -0.3 is 24.8 Å². The molecule has 0 radical (unpaired) electrons. The van der Waals surface area contributed by atoms with Gasteiger partial charge >= 0.3 is 0 Å². The lowest BCUT2D eigenvalue weighted by atomic mass is 10.0. The fourth-order valence-electron chi connectivity index (χ4n) is 1.95. The largest absolute Gasteiger partial charge is 0.394 e. The zero-order valence-electron chi connectivity index (χ0n) is 8.17. The van der Waals surface area contributed by atoms with Crippen LogP contribution in [0.2, 0.25) is 0 Å². The van der Waals surface area contributed by atoms with Crippen molar-refractivity contribution >= 4 is 0 Å². The first-order chi connectivity index (χ1) is 7.08. The van der Waals surface area contributed by atoms with Crippen LogP contribution in [0.5, 0.6) is 0 Å². The minimum atomic E-state index is -1.29. The van der Waals surface area contributed by atoms with Gasteiger partial charge in [-0.2, -0.15) is 0 Å². The van der Waals surface area contributed by atoms with Crippen LogP contribution in [0.1, 0.15) is 0 Å². The minimum absolute atomic E-state index is 0.370. The first-order valence-electron chi connectivity index (χ1n) is 4.89. The predicted octanol–water partition coefficient (Wildman–Crippen LogP) is -3.30. The molecule has 2 aliphatic heterocycles. The van der Waals surface area contributed by atoms with Crippen LogP contribution in [-0.4, -0.2) is 65.3 Å². The van der Waals surface area contributed by atoms with E-state index in [1.54, 1.807) is 0 Å². The summed E-state index contributed by atoms with van der Waals surface area (Å²) in [6.07, 6.45) is -4.02. The Morgan fingerprint density at radius 2 is 2.13 bits per heavy atom. The molecule has 7 nitrogen and oxygen atoms in total. The highest BCUT2D eigenvalue weighted by Gasteiger charge is 2.53. The Bertz CT molecular complexity index is 233. The monoisotopic (exact) mass is 220 g/mol. The van der Waals surface area contributed by atoms with Crippen molar-refractivity contribution in [3.63, 3.8) is 0 Å². The van der Waals surface area contributed by atoms with Gasteiger partial charge in [-0.25, -0.2) is 0 Å². The van der Waals surface area contributed by atoms with Crippen molar-refractivity contribution in [1.29, 1.82) is 0 Å². The summed E-state index contributed by atoms with van der Waals surface area (Å²) in [5.74, 6) is -1.29. The quantitative estimate of drug-likeness (QED) is 0.331. The van der Waals surface area contributed by atoms with Crippen molar-refractivity contribution in [3.8, 4) is 0 Å². The third-order valence-electron chi connectivity index (χ3n) is 2.81. The van der Waals surface area contributed by atoms with E-state index in [2.05, 4.69) is 5.32 Å². The molecule has 0 aromatic rings. The minimum Gasteiger partial charge on any atom is -0.394 e. The summed E-state index contributed by atoms with van der Waals surface area (Å²) in [7, 11) is 0. The van der Waals surface area contributed by atoms with E-state index >= 15 is 0 Å². The number of nitrogens with two attached hydrogens (primary N) is 1. The molecule has 7 heteroatoms. The molecule has 2 heterocycles. The van der Waals surface area contributed by atoms with Crippen LogP contribution in [0.25, 0.3) is 0 Å². The smallest absolute Gasteiger partial charge is 0.202 e. The van der Waals surface area contributed by atoms with E-state index in [1.165, 1.54) is 0 Å². The fourth-order valence-corrected chi connectivity index (χ4v) is 1.95. The first kappa shape index (κ1) is 11.2. The number of hydrogen-bond donors (Lipinski definition) is 5. The van der Waals surface area contributed by atoms with Gasteiger partial charge in [0.2, 0.25) is 5.85 Å². The third-order valence-corrected chi connectivity index (χ3v) is 2.81. The van der Waals surface area contributed by atoms with Crippen molar-refractivity contribution in [2.24, 2.45) is 5.73 Å². The molecule has 2 saturated heterocycles. The Balaban J connectivity index is 2.10. The highest BCUT2D eigenvalue weighted by Crippen LogP contribution is 2.28. The molecule has 6 N–H and O–H groups in total. The van der Waals surface area contributed by atoms with Crippen molar-refractivity contribution in [2.75, 3.05) is 19.8 Å². The Labute approximate surface area is 86.8 Å². The molecule has 0 aromatic heterocycles. The van der Waals surface area contributed by atoms with Gasteiger partial charge in [-0.05, 0) is 0 Å². The average molecular weight is 220 g/mol. The van der Waals surface area contributed by atoms with Gasteiger partial charge in [-0.1, -0.05) is 0 Å². The lowest BCUT2D eigenvalue weighted by molar-refractivity contribution is -0.148. The molecule has 15 heavy (non-hydrogen) atoms. The molecule has 0 spiro atoms. The van der Waals surface area contributed by atoms with Crippen molar-refractivity contribution in [2.45, 2.75) is 30.3 Å². The average Bonchev–Trinajstić information content (AvgIpc) is 2.76. The van der Waals surface area contributed by atoms with Gasteiger partial charge in [0.05, 0.1) is 13.2 Å². The van der Waals surface area contributed by atoms with E-state index in [-0.39, 0.29) is 6.61 Å². The van der Waals surface area contributed by atoms with Crippen molar-refractivity contribution < 1.29 is 24.8 Å². The SMILES string of the molecule is NC1(C2O[C@H](CO)[C@@H](O)[C@H]2O)NCCO1. The van der Waals surface area contributed by atoms with Gasteiger partial charge in [-0.3, -0.25) is 11.1 Å². The molecule has 88 valence electrons. The van der Waals surface area contributed by atoms with E-state index < -0.39 is 30.3 Å². The van der Waals surface area contributed by atoms with Crippen LogP contribution in [0.4, 0.5) is 0 Å². The molecular formula is C8H16N2O5. The first-order valence-corrected chi connectivity index (χ1v) is 4.89. The molecule has 2 unspecified atom stereocenters. The van der Waals surface area contributed by atoms with Gasteiger partial charge in [0.15, 0.2) is 0 Å². The molecule has 0 aromatic carbocycles. The molecule has 5 atom stereocenters. The van der Waals surface area contributed by atoms with Crippen LogP contribution in [0.3, 0.4) is 0 Å². The van der Waals surface area contributed by atoms with Crippen LogP contribution < -0.4 is 11.1 Å². The predicted molar refractivity (Wildman–Crippen MR) is 48.6 cm³/mol. The molecule has 0 bridgehead atoms. The second-order valence-electron chi connectivity index (χ2n) is 3.83. The highest BCUT2D eigenvalue weighted by molar-refractivity contribution is 4.99. The highest BCUT2D eigenvalue weighted by atomic mass is 16.6. The van der Waals surface area contributed by atoms with E-state index in [9.17, 15) is 10.2 Å². The molecule has 0 amide bonds. The standard InChI is InChI=1S/C8H16N2O5/c9-8(10-1-2-14-8)7-6(13)5(12)4(3-11)15-7/h4-7,10-13H,1-3,9H2/t4-,5-,6-,7?,8?/m1/s1. The van der Waals surface area contributed by atoms with Crippen LogP contribution in [0, 0.1) is 0 Å². The van der Waals surface area contributed by atoms with E-state index in [0.29, 0.717) is 13.2 Å². The van der Waals surface area contributed by atoms with Crippen LogP contribution in [0.15, 0.2) is 0 Å². The maximum atomic E-state index is 9.70. The number of aliphatic hydroxyl groups is 3. The summed E-state index contributed by atoms with van der Waals surface area (Å²) in [6, 6.07) is 0. The molecule has 0 aliphatic carbocycles. The maximum Gasteiger partial charge on any atom is 0.202 e. The summed E-state index contributed by atoms with van der Waals surface area (Å²) in [4.78, 5) is 0. The molecular weight excluding hydrogens is 204 g/mol. The number of nitrogens with one attached hydrogen (secondary N) is 1. The van der Waals surface area contributed by atoms with Crippen molar-refractivity contribution in [3.05, 3.63) is 0 Å². The lowest BCUT2D eigenvalue weighted by Crippen LogP contribution is -2.63. The lowest BCUT2D eigenvalue weighted by Gasteiger charge is -2.31. The third kappa shape index (κ3) is 1.76. The number of ether oxygens (including phenoxy) is 2. The van der Waals surface area contributed by atoms with Gasteiger partial charge in [0.25, 0.3) is 0 Å². The van der Waals surface area contributed by atoms with Gasteiger partial charge in [0, 0.05) is 6.54 Å². The molecule has 2 rings (SSSR count). The Morgan fingerprint density at radius 1 is 1.40 bits per heavy atom. The number of rotatable bonds is 2. The summed E-state index contributed by atoms with van der Waals surface area (Å²) in [5, 5.41) is 31.0. The number of aliphatic hydroxyl groups excluding tert-OH is 3. The normalized spacial score (nSPS) is 51.2. The van der Waals surface area contributed by atoms with E-state index in [1.807, 2.05) is 0 Å². The van der Waals surface area contributed by atoms with E-state index in [0.717, 1.165) is 0 Å². The zero-order valence-corrected chi connectivity index (χ0v) is 8.17. The summed E-state index contributed by atoms with van der Waals surface area (Å²) in [5.41, 5.74) is 5.82. The van der Waals surface area contributed by atoms with Crippen LogP contribution in [-0.2, 0) is 9.47 Å². The zero-order chi connectivity index (χ0) is 11.1. The molecule has 0 saturated carbocycles. The number of hydrogen-bond acceptors (Lipinski definition) is 7. The topological polar surface area (TPSA) is 117 Å². The Kier molecular flexibility index (Phi) is 2.95. The summed E-state index contributed by atoms with van der Waals surface area (Å²) < 4.78 is 10.5. The van der Waals surface area contributed by atoms with Crippen molar-refractivity contribution in [1.82, 2.24) is 5.32 Å². The Hall–Kier alpha value is -0.280. The second kappa shape index (κ2) is 3.95. The summed E-state index contributed by atoms with van der Waals surface area (Å²) in [6.45, 7) is 0.608. The molecule has 2 fully saturated rings. The summed E-state index contributed by atoms with van der Waals surface area (Å²) >= 11 is 0. The maximum absolute atomic E-state index is 9.70. The second-order valence-corrected chi connectivity index (χ2v) is 3.83. The van der Waals surface area contributed by atoms with Gasteiger partial charge in [0.1, 0.15) is 24.4 Å². The molecule has 2 aliphatic rings. The van der Waals surface area contributed by atoms with E-state index in [4.69, 9.17) is 20.3 Å². The van der Waals surface area contributed by atoms with Crippen LogP contribution >= 0.6 is 0 Å². The fraction of sp³-hybridized carbons (Fsp3) is 1.00. The Morgan fingerprint density at radius 3 is 2.60 bits per heavy atom.